The normalized spacial score (nSPS) is 18.1. The molecule has 0 bridgehead atoms. The van der Waals surface area contributed by atoms with Gasteiger partial charge in [0.05, 0.1) is 18.8 Å². The van der Waals surface area contributed by atoms with E-state index in [0.29, 0.717) is 37.6 Å². The number of rotatable bonds is 4. The van der Waals surface area contributed by atoms with Crippen molar-refractivity contribution in [3.05, 3.63) is 50.3 Å². The van der Waals surface area contributed by atoms with E-state index in [2.05, 4.69) is 9.97 Å². The molecule has 23 heavy (non-hydrogen) atoms. The summed E-state index contributed by atoms with van der Waals surface area (Å²) in [6.45, 7) is 3.22. The fraction of sp³-hybridized carbons (Fsp3) is 0.438. The molecule has 0 saturated carbocycles. The number of nitrogens with one attached hydrogen (secondary N) is 1. The minimum Gasteiger partial charge on any atom is -0.368 e. The summed E-state index contributed by atoms with van der Waals surface area (Å²) >= 11 is 1.67. The first-order valence-corrected chi connectivity index (χ1v) is 8.49. The van der Waals surface area contributed by atoms with E-state index in [1.54, 1.807) is 23.2 Å². The van der Waals surface area contributed by atoms with Gasteiger partial charge in [0.25, 0.3) is 5.56 Å². The highest BCUT2D eigenvalue weighted by molar-refractivity contribution is 7.09. The van der Waals surface area contributed by atoms with E-state index in [0.717, 1.165) is 6.42 Å². The molecule has 3 heterocycles. The largest absolute Gasteiger partial charge is 0.368 e. The summed E-state index contributed by atoms with van der Waals surface area (Å²) in [4.78, 5) is 33.9. The van der Waals surface area contributed by atoms with Crippen LogP contribution in [0.1, 0.15) is 28.9 Å². The van der Waals surface area contributed by atoms with Crippen molar-refractivity contribution < 1.29 is 9.53 Å². The third kappa shape index (κ3) is 4.05. The summed E-state index contributed by atoms with van der Waals surface area (Å²) < 4.78 is 5.70. The molecule has 0 spiro atoms. The lowest BCUT2D eigenvalue weighted by atomic mass is 10.1. The first kappa shape index (κ1) is 15.9. The van der Waals surface area contributed by atoms with Crippen LogP contribution in [-0.2, 0) is 16.0 Å². The Morgan fingerprint density at radius 1 is 1.57 bits per heavy atom. The average molecular weight is 333 g/mol. The average Bonchev–Trinajstić information content (AvgIpc) is 3.05. The predicted octanol–water partition coefficient (Wildman–Crippen LogP) is 1.67. The molecule has 3 rings (SSSR count). The first-order valence-electron chi connectivity index (χ1n) is 7.61. The summed E-state index contributed by atoms with van der Waals surface area (Å²) in [5.74, 6) is 0.672. The van der Waals surface area contributed by atoms with Gasteiger partial charge in [-0.3, -0.25) is 9.59 Å². The molecule has 2 aromatic rings. The number of H-pyrrole nitrogens is 1. The van der Waals surface area contributed by atoms with Gasteiger partial charge in [0.1, 0.15) is 11.9 Å². The fourth-order valence-corrected chi connectivity index (χ4v) is 3.37. The number of thiophene rings is 1. The Hall–Kier alpha value is -1.99. The van der Waals surface area contributed by atoms with Crippen molar-refractivity contribution in [2.45, 2.75) is 25.9 Å². The number of aryl methyl sites for hydroxylation is 2. The van der Waals surface area contributed by atoms with Crippen molar-refractivity contribution in [2.75, 3.05) is 19.7 Å². The number of morpholine rings is 1. The molecule has 1 aliphatic heterocycles. The van der Waals surface area contributed by atoms with E-state index in [4.69, 9.17) is 4.74 Å². The lowest BCUT2D eigenvalue weighted by Crippen LogP contribution is -2.42. The summed E-state index contributed by atoms with van der Waals surface area (Å²) in [5, 5.41) is 2.02. The van der Waals surface area contributed by atoms with Crippen molar-refractivity contribution in [3.8, 4) is 0 Å². The molecular weight excluding hydrogens is 314 g/mol. The molecule has 7 heteroatoms. The van der Waals surface area contributed by atoms with Gasteiger partial charge in [0.15, 0.2) is 0 Å². The minimum absolute atomic E-state index is 0.119. The second kappa shape index (κ2) is 7.06. The molecule has 0 aliphatic carbocycles. The van der Waals surface area contributed by atoms with Crippen molar-refractivity contribution in [1.82, 2.24) is 14.9 Å². The zero-order chi connectivity index (χ0) is 16.2. The standard InChI is InChI=1S/C16H19N3O3S/c1-11-17-13(9-15(20)18-11)14-10-19(6-7-22-14)16(21)5-4-12-3-2-8-23-12/h2-3,8-9,14H,4-7,10H2,1H3,(H,17,18,20)/t14-/m1/s1. The summed E-state index contributed by atoms with van der Waals surface area (Å²) in [6, 6.07) is 5.48. The quantitative estimate of drug-likeness (QED) is 0.923. The van der Waals surface area contributed by atoms with Gasteiger partial charge >= 0.3 is 0 Å². The van der Waals surface area contributed by atoms with E-state index in [1.807, 2.05) is 17.5 Å². The topological polar surface area (TPSA) is 75.3 Å². The summed E-state index contributed by atoms with van der Waals surface area (Å²) in [7, 11) is 0. The Balaban J connectivity index is 1.63. The molecule has 1 atom stereocenters. The second-order valence-corrected chi connectivity index (χ2v) is 6.57. The van der Waals surface area contributed by atoms with E-state index in [1.165, 1.54) is 10.9 Å². The number of ether oxygens (including phenoxy) is 1. The number of hydrogen-bond donors (Lipinski definition) is 1. The van der Waals surface area contributed by atoms with Crippen LogP contribution < -0.4 is 5.56 Å². The number of hydrogen-bond acceptors (Lipinski definition) is 5. The highest BCUT2D eigenvalue weighted by Gasteiger charge is 2.26. The van der Waals surface area contributed by atoms with Crippen LogP contribution in [0.5, 0.6) is 0 Å². The molecule has 6 nitrogen and oxygen atoms in total. The number of aromatic amines is 1. The molecule has 1 amide bonds. The van der Waals surface area contributed by atoms with Crippen LogP contribution in [0.15, 0.2) is 28.4 Å². The van der Waals surface area contributed by atoms with Gasteiger partial charge in [-0.2, -0.15) is 0 Å². The summed E-state index contributed by atoms with van der Waals surface area (Å²) in [6.07, 6.45) is 0.922. The van der Waals surface area contributed by atoms with Gasteiger partial charge in [-0.15, -0.1) is 11.3 Å². The third-order valence-electron chi connectivity index (χ3n) is 3.79. The molecule has 1 N–H and O–H groups in total. The van der Waals surface area contributed by atoms with Gasteiger partial charge in [0.2, 0.25) is 5.91 Å². The van der Waals surface area contributed by atoms with E-state index in [-0.39, 0.29) is 17.6 Å². The number of nitrogens with zero attached hydrogens (tertiary/aromatic N) is 2. The van der Waals surface area contributed by atoms with Crippen molar-refractivity contribution in [2.24, 2.45) is 0 Å². The minimum atomic E-state index is -0.338. The van der Waals surface area contributed by atoms with Crippen LogP contribution in [0.2, 0.25) is 0 Å². The Labute approximate surface area is 138 Å². The zero-order valence-electron chi connectivity index (χ0n) is 12.9. The maximum Gasteiger partial charge on any atom is 0.251 e. The maximum atomic E-state index is 12.4. The molecule has 122 valence electrons. The Morgan fingerprint density at radius 3 is 3.17 bits per heavy atom. The van der Waals surface area contributed by atoms with Crippen LogP contribution >= 0.6 is 11.3 Å². The molecule has 1 saturated heterocycles. The monoisotopic (exact) mass is 333 g/mol. The van der Waals surface area contributed by atoms with Crippen LogP contribution in [0.25, 0.3) is 0 Å². The van der Waals surface area contributed by atoms with Gasteiger partial charge in [0, 0.05) is 23.9 Å². The SMILES string of the molecule is Cc1nc([C@H]2CN(C(=O)CCc3cccs3)CCO2)cc(=O)[nH]1. The molecule has 2 aromatic heterocycles. The molecule has 0 unspecified atom stereocenters. The number of amides is 1. The third-order valence-corrected chi connectivity index (χ3v) is 4.73. The highest BCUT2D eigenvalue weighted by Crippen LogP contribution is 2.21. The zero-order valence-corrected chi connectivity index (χ0v) is 13.8. The number of carbonyl (C=O) groups excluding carboxylic acids is 1. The van der Waals surface area contributed by atoms with Crippen molar-refractivity contribution >= 4 is 17.2 Å². The molecule has 0 radical (unpaired) electrons. The Bertz CT molecular complexity index is 726. The Kier molecular flexibility index (Phi) is 4.88. The van der Waals surface area contributed by atoms with Crippen LogP contribution in [0.4, 0.5) is 0 Å². The van der Waals surface area contributed by atoms with Crippen LogP contribution in [0, 0.1) is 6.92 Å². The number of carbonyl (C=O) groups is 1. The fourth-order valence-electron chi connectivity index (χ4n) is 2.67. The number of aromatic nitrogens is 2. The lowest BCUT2D eigenvalue weighted by molar-refractivity contribution is -0.139. The van der Waals surface area contributed by atoms with Crippen molar-refractivity contribution in [3.63, 3.8) is 0 Å². The van der Waals surface area contributed by atoms with Gasteiger partial charge in [-0.1, -0.05) is 6.07 Å². The van der Waals surface area contributed by atoms with Crippen LogP contribution in [-0.4, -0.2) is 40.5 Å². The van der Waals surface area contributed by atoms with Gasteiger partial charge < -0.3 is 14.6 Å². The second-order valence-electron chi connectivity index (χ2n) is 5.53. The van der Waals surface area contributed by atoms with Crippen molar-refractivity contribution in [1.29, 1.82) is 0 Å². The first-order chi connectivity index (χ1) is 11.1. The maximum absolute atomic E-state index is 12.4. The van der Waals surface area contributed by atoms with Gasteiger partial charge in [-0.05, 0) is 24.8 Å². The van der Waals surface area contributed by atoms with E-state index in [9.17, 15) is 9.59 Å². The van der Waals surface area contributed by atoms with Crippen LogP contribution in [0.3, 0.4) is 0 Å². The molecule has 1 aliphatic rings. The highest BCUT2D eigenvalue weighted by atomic mass is 32.1. The Morgan fingerprint density at radius 2 is 2.43 bits per heavy atom. The summed E-state index contributed by atoms with van der Waals surface area (Å²) in [5.41, 5.74) is 0.388. The smallest absolute Gasteiger partial charge is 0.251 e. The van der Waals surface area contributed by atoms with E-state index < -0.39 is 0 Å². The molecule has 0 aromatic carbocycles. The van der Waals surface area contributed by atoms with E-state index >= 15 is 0 Å². The predicted molar refractivity (Wildman–Crippen MR) is 87.5 cm³/mol. The molecule has 1 fully saturated rings. The van der Waals surface area contributed by atoms with Gasteiger partial charge in [-0.25, -0.2) is 4.98 Å². The molecular formula is C16H19N3O3S. The lowest BCUT2D eigenvalue weighted by Gasteiger charge is -2.32.